The van der Waals surface area contributed by atoms with Crippen LogP contribution in [0, 0.1) is 0 Å². The molecule has 4 rings (SSSR count). The number of hydrogen-bond acceptors (Lipinski definition) is 2. The summed E-state index contributed by atoms with van der Waals surface area (Å²) in [5.74, 6) is 0.996. The van der Waals surface area contributed by atoms with Crippen molar-refractivity contribution in [2.24, 2.45) is 0 Å². The lowest BCUT2D eigenvalue weighted by Gasteiger charge is -2.15. The summed E-state index contributed by atoms with van der Waals surface area (Å²) in [6.45, 7) is 4.63. The average molecular weight is 358 g/mol. The summed E-state index contributed by atoms with van der Waals surface area (Å²) in [5.41, 5.74) is 3.82. The molecule has 2 N–H and O–H groups in total. The van der Waals surface area contributed by atoms with Gasteiger partial charge in [0.15, 0.2) is 0 Å². The molecule has 0 aliphatic heterocycles. The highest BCUT2D eigenvalue weighted by molar-refractivity contribution is 5.87. The molecule has 1 heterocycles. The van der Waals surface area contributed by atoms with E-state index in [2.05, 4.69) is 84.1 Å². The lowest BCUT2D eigenvalue weighted by Crippen LogP contribution is -2.17. The number of fused-ring (bicyclic) bond motifs is 2. The van der Waals surface area contributed by atoms with Crippen molar-refractivity contribution in [2.75, 3.05) is 13.2 Å². The third-order valence-electron chi connectivity index (χ3n) is 5.01. The van der Waals surface area contributed by atoms with E-state index >= 15 is 0 Å². The summed E-state index contributed by atoms with van der Waals surface area (Å²) in [6, 6.07) is 21.3. The zero-order valence-corrected chi connectivity index (χ0v) is 15.8. The van der Waals surface area contributed by atoms with Crippen LogP contribution in [0.25, 0.3) is 21.7 Å². The van der Waals surface area contributed by atoms with E-state index in [9.17, 15) is 0 Å². The number of para-hydroxylation sites is 1. The molecule has 0 amide bonds. The molecule has 0 saturated heterocycles. The molecule has 3 nitrogen and oxygen atoms in total. The van der Waals surface area contributed by atoms with Crippen LogP contribution in [0.15, 0.2) is 66.9 Å². The van der Waals surface area contributed by atoms with Crippen LogP contribution < -0.4 is 10.1 Å². The highest BCUT2D eigenvalue weighted by Gasteiger charge is 2.09. The van der Waals surface area contributed by atoms with Crippen molar-refractivity contribution in [3.8, 4) is 5.75 Å². The fourth-order valence-electron chi connectivity index (χ4n) is 3.62. The van der Waals surface area contributed by atoms with Crippen molar-refractivity contribution in [3.05, 3.63) is 78.0 Å². The molecule has 0 saturated carbocycles. The highest BCUT2D eigenvalue weighted by atomic mass is 16.5. The normalized spacial score (nSPS) is 11.3. The first kappa shape index (κ1) is 17.6. The van der Waals surface area contributed by atoms with E-state index in [1.54, 1.807) is 0 Å². The number of aromatic amines is 1. The molecule has 0 atom stereocenters. The fraction of sp³-hybridized carbons (Fsp3) is 0.250. The van der Waals surface area contributed by atoms with E-state index in [1.165, 1.54) is 32.8 Å². The Balaban J connectivity index is 1.47. The lowest BCUT2D eigenvalue weighted by molar-refractivity contribution is 0.314. The van der Waals surface area contributed by atoms with E-state index in [0.29, 0.717) is 0 Å². The van der Waals surface area contributed by atoms with Gasteiger partial charge >= 0.3 is 0 Å². The summed E-state index contributed by atoms with van der Waals surface area (Å²) in [5, 5.41) is 7.46. The minimum atomic E-state index is 0.751. The van der Waals surface area contributed by atoms with Gasteiger partial charge in [-0.3, -0.25) is 0 Å². The van der Waals surface area contributed by atoms with E-state index in [-0.39, 0.29) is 0 Å². The standard InChI is InChI=1S/C24H26N2O/c1-2-15-27-24-12-11-18-7-3-4-8-20(18)22(24)17-25-14-13-19-16-26-23-10-6-5-9-21(19)23/h3-12,16,25-26H,2,13-15,17H2,1H3. The molecular formula is C24H26N2O. The summed E-state index contributed by atoms with van der Waals surface area (Å²) in [6.07, 6.45) is 4.14. The maximum atomic E-state index is 6.01. The zero-order valence-electron chi connectivity index (χ0n) is 15.8. The van der Waals surface area contributed by atoms with E-state index in [4.69, 9.17) is 4.74 Å². The Morgan fingerprint density at radius 1 is 0.926 bits per heavy atom. The van der Waals surface area contributed by atoms with Crippen molar-refractivity contribution in [1.82, 2.24) is 10.3 Å². The van der Waals surface area contributed by atoms with Gasteiger partial charge in [0.05, 0.1) is 6.61 Å². The second-order valence-corrected chi connectivity index (χ2v) is 6.90. The second kappa shape index (κ2) is 8.28. The van der Waals surface area contributed by atoms with Gasteiger partial charge in [0.1, 0.15) is 5.75 Å². The average Bonchev–Trinajstić information content (AvgIpc) is 3.13. The first-order valence-electron chi connectivity index (χ1n) is 9.76. The summed E-state index contributed by atoms with van der Waals surface area (Å²) >= 11 is 0. The summed E-state index contributed by atoms with van der Waals surface area (Å²) in [7, 11) is 0. The smallest absolute Gasteiger partial charge is 0.124 e. The molecule has 3 aromatic carbocycles. The first-order valence-corrected chi connectivity index (χ1v) is 9.76. The molecule has 0 aliphatic rings. The third kappa shape index (κ3) is 3.83. The molecular weight excluding hydrogens is 332 g/mol. The topological polar surface area (TPSA) is 37.0 Å². The van der Waals surface area contributed by atoms with Crippen molar-refractivity contribution in [2.45, 2.75) is 26.3 Å². The predicted molar refractivity (Wildman–Crippen MR) is 113 cm³/mol. The Kier molecular flexibility index (Phi) is 5.40. The van der Waals surface area contributed by atoms with Crippen LogP contribution in [0.2, 0.25) is 0 Å². The molecule has 0 radical (unpaired) electrons. The zero-order chi connectivity index (χ0) is 18.5. The van der Waals surface area contributed by atoms with E-state index in [1.807, 2.05) is 0 Å². The highest BCUT2D eigenvalue weighted by Crippen LogP contribution is 2.28. The van der Waals surface area contributed by atoms with Crippen LogP contribution in [-0.4, -0.2) is 18.1 Å². The van der Waals surface area contributed by atoms with Crippen LogP contribution in [0.1, 0.15) is 24.5 Å². The molecule has 4 aromatic rings. The van der Waals surface area contributed by atoms with E-state index in [0.717, 1.165) is 38.3 Å². The maximum absolute atomic E-state index is 6.01. The predicted octanol–water partition coefficient (Wildman–Crippen LogP) is 5.44. The summed E-state index contributed by atoms with van der Waals surface area (Å²) < 4.78 is 6.01. The van der Waals surface area contributed by atoms with Gasteiger partial charge in [-0.25, -0.2) is 0 Å². The van der Waals surface area contributed by atoms with Gasteiger partial charge in [-0.2, -0.15) is 0 Å². The third-order valence-corrected chi connectivity index (χ3v) is 5.01. The number of rotatable bonds is 8. The summed E-state index contributed by atoms with van der Waals surface area (Å²) in [4.78, 5) is 3.36. The minimum absolute atomic E-state index is 0.751. The monoisotopic (exact) mass is 358 g/mol. The molecule has 3 heteroatoms. The quantitative estimate of drug-likeness (QED) is 0.411. The molecule has 0 fully saturated rings. The fourth-order valence-corrected chi connectivity index (χ4v) is 3.62. The van der Waals surface area contributed by atoms with Gasteiger partial charge < -0.3 is 15.0 Å². The van der Waals surface area contributed by atoms with Gasteiger partial charge in [0.25, 0.3) is 0 Å². The van der Waals surface area contributed by atoms with Crippen molar-refractivity contribution in [3.63, 3.8) is 0 Å². The lowest BCUT2D eigenvalue weighted by atomic mass is 10.0. The molecule has 0 spiro atoms. The van der Waals surface area contributed by atoms with E-state index < -0.39 is 0 Å². The van der Waals surface area contributed by atoms with Gasteiger partial charge in [-0.1, -0.05) is 55.5 Å². The molecule has 0 aliphatic carbocycles. The van der Waals surface area contributed by atoms with Crippen molar-refractivity contribution in [1.29, 1.82) is 0 Å². The Hall–Kier alpha value is -2.78. The van der Waals surface area contributed by atoms with Crippen molar-refractivity contribution >= 4 is 21.7 Å². The largest absolute Gasteiger partial charge is 0.493 e. The maximum Gasteiger partial charge on any atom is 0.124 e. The number of benzene rings is 3. The molecule has 0 bridgehead atoms. The molecule has 0 unspecified atom stereocenters. The first-order chi connectivity index (χ1) is 13.4. The number of ether oxygens (including phenoxy) is 1. The molecule has 138 valence electrons. The van der Waals surface area contributed by atoms with Crippen LogP contribution in [0.5, 0.6) is 5.75 Å². The second-order valence-electron chi connectivity index (χ2n) is 6.90. The van der Waals surface area contributed by atoms with Gasteiger partial charge in [0, 0.05) is 29.2 Å². The Bertz CT molecular complexity index is 1030. The number of hydrogen-bond donors (Lipinski definition) is 2. The molecule has 27 heavy (non-hydrogen) atoms. The van der Waals surface area contributed by atoms with Crippen LogP contribution >= 0.6 is 0 Å². The SMILES string of the molecule is CCCOc1ccc2ccccc2c1CNCCc1c[nH]c2ccccc12. The van der Waals surface area contributed by atoms with Crippen LogP contribution in [0.4, 0.5) is 0 Å². The van der Waals surface area contributed by atoms with Gasteiger partial charge in [-0.15, -0.1) is 0 Å². The van der Waals surface area contributed by atoms with Crippen molar-refractivity contribution < 1.29 is 4.74 Å². The Morgan fingerprint density at radius 2 is 1.74 bits per heavy atom. The molecule has 1 aromatic heterocycles. The Morgan fingerprint density at radius 3 is 2.63 bits per heavy atom. The Labute approximate surface area is 160 Å². The van der Waals surface area contributed by atoms with Crippen LogP contribution in [-0.2, 0) is 13.0 Å². The minimum Gasteiger partial charge on any atom is -0.493 e. The van der Waals surface area contributed by atoms with Crippen LogP contribution in [0.3, 0.4) is 0 Å². The number of H-pyrrole nitrogens is 1. The number of aromatic nitrogens is 1. The van der Waals surface area contributed by atoms with Gasteiger partial charge in [0.2, 0.25) is 0 Å². The number of nitrogens with one attached hydrogen (secondary N) is 2. The van der Waals surface area contributed by atoms with Gasteiger partial charge in [-0.05, 0) is 47.9 Å².